The first-order chi connectivity index (χ1) is 12.9. The molecule has 0 aliphatic heterocycles. The maximum absolute atomic E-state index is 2.40. The van der Waals surface area contributed by atoms with Crippen LogP contribution in [0.3, 0.4) is 0 Å². The Morgan fingerprint density at radius 1 is 0.423 bits per heavy atom. The van der Waals surface area contributed by atoms with Gasteiger partial charge in [-0.05, 0) is 74.5 Å². The van der Waals surface area contributed by atoms with E-state index in [0.29, 0.717) is 0 Å². The molecule has 0 atom stereocenters. The maximum Gasteiger partial charge on any atom is -0.00132 e. The first-order valence-corrected chi connectivity index (χ1v) is 9.30. The van der Waals surface area contributed by atoms with E-state index in [0.717, 1.165) is 12.8 Å². The first-order valence-electron chi connectivity index (χ1n) is 9.30. The third-order valence-electron chi connectivity index (χ3n) is 5.91. The molecule has 26 heavy (non-hydrogen) atoms. The molecule has 0 radical (unpaired) electrons. The lowest BCUT2D eigenvalue weighted by atomic mass is 9.92. The lowest BCUT2D eigenvalue weighted by Crippen LogP contribution is -1.87. The minimum atomic E-state index is 1.05. The van der Waals surface area contributed by atoms with Gasteiger partial charge in [-0.15, -0.1) is 0 Å². The smallest absolute Gasteiger partial charge is 0.00132 e. The van der Waals surface area contributed by atoms with E-state index in [1.807, 2.05) is 0 Å². The van der Waals surface area contributed by atoms with Gasteiger partial charge in [-0.2, -0.15) is 0 Å². The average molecular weight is 330 g/mol. The maximum atomic E-state index is 2.40. The fraction of sp³-hybridized carbons (Fsp3) is 0.0769. The van der Waals surface area contributed by atoms with E-state index in [1.165, 1.54) is 55.6 Å². The average Bonchev–Trinajstić information content (AvgIpc) is 3.25. The van der Waals surface area contributed by atoms with Gasteiger partial charge in [-0.1, -0.05) is 78.9 Å². The van der Waals surface area contributed by atoms with Gasteiger partial charge in [0, 0.05) is 0 Å². The van der Waals surface area contributed by atoms with Crippen LogP contribution >= 0.6 is 0 Å². The van der Waals surface area contributed by atoms with Crippen molar-refractivity contribution in [3.63, 3.8) is 0 Å². The van der Waals surface area contributed by atoms with Crippen molar-refractivity contribution in [2.45, 2.75) is 12.8 Å². The van der Waals surface area contributed by atoms with E-state index in [2.05, 4.69) is 84.9 Å². The Labute approximate surface area is 153 Å². The molecule has 122 valence electrons. The van der Waals surface area contributed by atoms with Crippen LogP contribution in [0.1, 0.15) is 22.3 Å². The summed E-state index contributed by atoms with van der Waals surface area (Å²) in [6.45, 7) is 0. The predicted octanol–water partition coefficient (Wildman–Crippen LogP) is 6.50. The second kappa shape index (κ2) is 5.19. The van der Waals surface area contributed by atoms with Crippen molar-refractivity contribution < 1.29 is 0 Å². The summed E-state index contributed by atoms with van der Waals surface area (Å²) in [7, 11) is 0. The molecule has 0 nitrogen and oxygen atoms in total. The van der Waals surface area contributed by atoms with Crippen molar-refractivity contribution in [2.24, 2.45) is 0 Å². The van der Waals surface area contributed by atoms with Crippen molar-refractivity contribution in [2.75, 3.05) is 0 Å². The molecule has 0 amide bonds. The lowest BCUT2D eigenvalue weighted by Gasteiger charge is -2.11. The van der Waals surface area contributed by atoms with Crippen LogP contribution in [-0.2, 0) is 12.8 Å². The molecule has 0 aromatic heterocycles. The Kier molecular flexibility index (Phi) is 2.81. The molecule has 0 spiro atoms. The third kappa shape index (κ3) is 1.90. The Hall–Kier alpha value is -3.12. The van der Waals surface area contributed by atoms with E-state index in [9.17, 15) is 0 Å². The fourth-order valence-corrected chi connectivity index (χ4v) is 4.70. The minimum absolute atomic E-state index is 1.05. The van der Waals surface area contributed by atoms with Crippen molar-refractivity contribution in [3.8, 4) is 33.4 Å². The van der Waals surface area contributed by atoms with E-state index in [4.69, 9.17) is 0 Å². The highest BCUT2D eigenvalue weighted by Crippen LogP contribution is 2.49. The van der Waals surface area contributed by atoms with Gasteiger partial charge in [-0.3, -0.25) is 0 Å². The van der Waals surface area contributed by atoms with Crippen LogP contribution in [0.4, 0.5) is 0 Å². The molecule has 0 saturated carbocycles. The normalized spacial score (nSPS) is 13.1. The Balaban J connectivity index is 1.61. The molecule has 0 saturated heterocycles. The molecule has 4 aromatic rings. The number of hydrogen-bond acceptors (Lipinski definition) is 0. The van der Waals surface area contributed by atoms with Crippen LogP contribution in [0, 0.1) is 0 Å². The fourth-order valence-electron chi connectivity index (χ4n) is 4.70. The zero-order valence-corrected chi connectivity index (χ0v) is 14.5. The Morgan fingerprint density at radius 3 is 1.85 bits per heavy atom. The minimum Gasteiger partial charge on any atom is -0.0622 e. The van der Waals surface area contributed by atoms with Crippen LogP contribution in [0.15, 0.2) is 84.9 Å². The summed E-state index contributed by atoms with van der Waals surface area (Å²) in [6.07, 6.45) is 2.11. The van der Waals surface area contributed by atoms with Gasteiger partial charge in [0.2, 0.25) is 0 Å². The van der Waals surface area contributed by atoms with Crippen molar-refractivity contribution in [3.05, 3.63) is 107 Å². The molecule has 0 unspecified atom stereocenters. The van der Waals surface area contributed by atoms with E-state index < -0.39 is 0 Å². The first kappa shape index (κ1) is 14.1. The van der Waals surface area contributed by atoms with Crippen LogP contribution in [0.25, 0.3) is 33.4 Å². The van der Waals surface area contributed by atoms with E-state index in [-0.39, 0.29) is 0 Å². The largest absolute Gasteiger partial charge is 0.0622 e. The zero-order valence-electron chi connectivity index (χ0n) is 14.5. The highest BCUT2D eigenvalue weighted by Gasteiger charge is 2.28. The van der Waals surface area contributed by atoms with Crippen LogP contribution in [0.5, 0.6) is 0 Å². The monoisotopic (exact) mass is 330 g/mol. The van der Waals surface area contributed by atoms with Gasteiger partial charge in [0.1, 0.15) is 0 Å². The molecule has 6 rings (SSSR count). The number of rotatable bonds is 1. The topological polar surface area (TPSA) is 0 Å². The second-order valence-electron chi connectivity index (χ2n) is 7.38. The molecule has 0 N–H and O–H groups in total. The number of benzene rings is 4. The van der Waals surface area contributed by atoms with Gasteiger partial charge in [0.05, 0.1) is 0 Å². The second-order valence-corrected chi connectivity index (χ2v) is 7.38. The van der Waals surface area contributed by atoms with Gasteiger partial charge >= 0.3 is 0 Å². The standard InChI is InChI=1S/C26H18/c1-2-6-17(7-3-1)18-10-11-20-15-22-13-12-21-14-19-8-4-5-9-23(19)25(21)26(22)24(20)16-18/h1-13,16H,14-15H2. The number of fused-ring (bicyclic) bond motifs is 7. The summed E-state index contributed by atoms with van der Waals surface area (Å²) in [5.41, 5.74) is 14.3. The third-order valence-corrected chi connectivity index (χ3v) is 5.91. The molecular formula is C26H18. The zero-order chi connectivity index (χ0) is 17.1. The van der Waals surface area contributed by atoms with Gasteiger partial charge in [0.25, 0.3) is 0 Å². The van der Waals surface area contributed by atoms with Crippen molar-refractivity contribution in [1.82, 2.24) is 0 Å². The summed E-state index contributed by atoms with van der Waals surface area (Å²) in [5.74, 6) is 0. The summed E-state index contributed by atoms with van der Waals surface area (Å²) < 4.78 is 0. The summed E-state index contributed by atoms with van der Waals surface area (Å²) >= 11 is 0. The molecular weight excluding hydrogens is 312 g/mol. The van der Waals surface area contributed by atoms with E-state index >= 15 is 0 Å². The van der Waals surface area contributed by atoms with Gasteiger partial charge in [0.15, 0.2) is 0 Å². The van der Waals surface area contributed by atoms with Gasteiger partial charge in [-0.25, -0.2) is 0 Å². The van der Waals surface area contributed by atoms with E-state index in [1.54, 1.807) is 0 Å². The lowest BCUT2D eigenvalue weighted by molar-refractivity contribution is 1.23. The van der Waals surface area contributed by atoms with Crippen molar-refractivity contribution in [1.29, 1.82) is 0 Å². The highest BCUT2D eigenvalue weighted by molar-refractivity contribution is 5.96. The number of hydrogen-bond donors (Lipinski definition) is 0. The Bertz CT molecular complexity index is 1170. The summed E-state index contributed by atoms with van der Waals surface area (Å²) in [4.78, 5) is 0. The van der Waals surface area contributed by atoms with Crippen LogP contribution in [-0.4, -0.2) is 0 Å². The van der Waals surface area contributed by atoms with Crippen LogP contribution < -0.4 is 0 Å². The molecule has 0 bridgehead atoms. The molecule has 0 heteroatoms. The predicted molar refractivity (Wildman–Crippen MR) is 108 cm³/mol. The quantitative estimate of drug-likeness (QED) is 0.323. The highest BCUT2D eigenvalue weighted by atomic mass is 14.3. The van der Waals surface area contributed by atoms with Gasteiger partial charge < -0.3 is 0 Å². The molecule has 2 aliphatic carbocycles. The molecule has 4 aromatic carbocycles. The Morgan fingerprint density at radius 2 is 1.04 bits per heavy atom. The summed E-state index contributed by atoms with van der Waals surface area (Å²) in [6, 6.07) is 31.3. The molecule has 0 fully saturated rings. The summed E-state index contributed by atoms with van der Waals surface area (Å²) in [5, 5.41) is 0. The van der Waals surface area contributed by atoms with Crippen molar-refractivity contribution >= 4 is 0 Å². The van der Waals surface area contributed by atoms with Crippen LogP contribution in [0.2, 0.25) is 0 Å². The molecule has 2 aliphatic rings. The SMILES string of the molecule is c1ccc(-c2ccc3c(c2)-c2c(ccc4c2-c2ccccc2C4)C3)cc1. The molecule has 0 heterocycles.